The van der Waals surface area contributed by atoms with Crippen molar-refractivity contribution in [1.29, 1.82) is 0 Å². The van der Waals surface area contributed by atoms with Crippen LogP contribution < -0.4 is 10.1 Å². The monoisotopic (exact) mass is 359 g/mol. The van der Waals surface area contributed by atoms with Gasteiger partial charge >= 0.3 is 0 Å². The van der Waals surface area contributed by atoms with Crippen molar-refractivity contribution < 1.29 is 14.3 Å². The number of rotatable bonds is 7. The van der Waals surface area contributed by atoms with Gasteiger partial charge in [-0.2, -0.15) is 0 Å². The SMILES string of the molecule is CCN1CCN(C(=O)C2(C(=O)NCCc3cccc(OC)c3)CC2)CC1. The molecule has 0 spiro atoms. The zero-order valence-corrected chi connectivity index (χ0v) is 15.8. The molecule has 26 heavy (non-hydrogen) atoms. The van der Waals surface area contributed by atoms with Crippen LogP contribution in [-0.2, 0) is 16.0 Å². The summed E-state index contributed by atoms with van der Waals surface area (Å²) in [6.45, 7) is 6.93. The number of ether oxygens (including phenoxy) is 1. The summed E-state index contributed by atoms with van der Waals surface area (Å²) < 4.78 is 5.22. The summed E-state index contributed by atoms with van der Waals surface area (Å²) in [5.41, 5.74) is 0.305. The van der Waals surface area contributed by atoms with Gasteiger partial charge in [-0.15, -0.1) is 0 Å². The zero-order valence-electron chi connectivity index (χ0n) is 15.8. The zero-order chi connectivity index (χ0) is 18.6. The predicted octanol–water partition coefficient (Wildman–Crippen LogP) is 1.30. The molecule has 2 amide bonds. The van der Waals surface area contributed by atoms with Crippen LogP contribution in [0, 0.1) is 5.41 Å². The van der Waals surface area contributed by atoms with E-state index in [-0.39, 0.29) is 11.8 Å². The number of amides is 2. The third kappa shape index (κ3) is 4.01. The summed E-state index contributed by atoms with van der Waals surface area (Å²) in [5, 5.41) is 2.97. The number of benzene rings is 1. The molecule has 1 heterocycles. The quantitative estimate of drug-likeness (QED) is 0.746. The highest BCUT2D eigenvalue weighted by atomic mass is 16.5. The highest BCUT2D eigenvalue weighted by Gasteiger charge is 2.57. The number of hydrogen-bond donors (Lipinski definition) is 1. The number of likely N-dealkylation sites (N-methyl/N-ethyl adjacent to an activating group) is 1. The van der Waals surface area contributed by atoms with Crippen LogP contribution in [0.4, 0.5) is 0 Å². The van der Waals surface area contributed by atoms with Crippen LogP contribution in [0.3, 0.4) is 0 Å². The summed E-state index contributed by atoms with van der Waals surface area (Å²) in [6, 6.07) is 7.83. The lowest BCUT2D eigenvalue weighted by Crippen LogP contribution is -2.53. The van der Waals surface area contributed by atoms with Crippen LogP contribution in [0.15, 0.2) is 24.3 Å². The third-order valence-electron chi connectivity index (χ3n) is 5.53. The van der Waals surface area contributed by atoms with Gasteiger partial charge in [-0.25, -0.2) is 0 Å². The van der Waals surface area contributed by atoms with E-state index in [4.69, 9.17) is 4.74 Å². The lowest BCUT2D eigenvalue weighted by atomic mass is 10.0. The van der Waals surface area contributed by atoms with E-state index >= 15 is 0 Å². The number of nitrogens with one attached hydrogen (secondary N) is 1. The number of piperazine rings is 1. The molecule has 0 atom stereocenters. The summed E-state index contributed by atoms with van der Waals surface area (Å²) in [5.74, 6) is 0.726. The smallest absolute Gasteiger partial charge is 0.238 e. The third-order valence-corrected chi connectivity index (χ3v) is 5.53. The molecular weight excluding hydrogens is 330 g/mol. The fraction of sp³-hybridized carbons (Fsp3) is 0.600. The predicted molar refractivity (Wildman–Crippen MR) is 100 cm³/mol. The van der Waals surface area contributed by atoms with Gasteiger partial charge < -0.3 is 19.9 Å². The average Bonchev–Trinajstić information content (AvgIpc) is 3.49. The number of carbonyl (C=O) groups is 2. The molecule has 0 aromatic heterocycles. The highest BCUT2D eigenvalue weighted by molar-refractivity contribution is 6.07. The molecule has 1 aromatic rings. The van der Waals surface area contributed by atoms with Crippen LogP contribution in [0.25, 0.3) is 0 Å². The van der Waals surface area contributed by atoms with Crippen molar-refractivity contribution in [2.75, 3.05) is 46.4 Å². The maximum absolute atomic E-state index is 12.9. The van der Waals surface area contributed by atoms with E-state index in [0.29, 0.717) is 19.4 Å². The Balaban J connectivity index is 1.50. The first kappa shape index (κ1) is 18.7. The second kappa shape index (κ2) is 8.08. The molecule has 1 aromatic carbocycles. The van der Waals surface area contributed by atoms with Gasteiger partial charge in [0.15, 0.2) is 0 Å². The molecule has 6 heteroatoms. The first-order valence-corrected chi connectivity index (χ1v) is 9.52. The minimum absolute atomic E-state index is 0.0205. The number of carbonyl (C=O) groups excluding carboxylic acids is 2. The van der Waals surface area contributed by atoms with Gasteiger partial charge in [-0.1, -0.05) is 19.1 Å². The van der Waals surface area contributed by atoms with Gasteiger partial charge in [0.1, 0.15) is 11.2 Å². The Morgan fingerprint density at radius 3 is 2.54 bits per heavy atom. The molecule has 0 unspecified atom stereocenters. The van der Waals surface area contributed by atoms with Crippen LogP contribution in [0.2, 0.25) is 0 Å². The Labute approximate surface area is 155 Å². The number of nitrogens with zero attached hydrogens (tertiary/aromatic N) is 2. The maximum Gasteiger partial charge on any atom is 0.238 e. The minimum Gasteiger partial charge on any atom is -0.497 e. The Hall–Kier alpha value is -2.08. The van der Waals surface area contributed by atoms with Gasteiger partial charge in [0.2, 0.25) is 11.8 Å². The largest absolute Gasteiger partial charge is 0.497 e. The summed E-state index contributed by atoms with van der Waals surface area (Å²) >= 11 is 0. The van der Waals surface area contributed by atoms with Crippen molar-refractivity contribution in [3.63, 3.8) is 0 Å². The van der Waals surface area contributed by atoms with Crippen molar-refractivity contribution in [3.8, 4) is 5.75 Å². The van der Waals surface area contributed by atoms with E-state index in [1.54, 1.807) is 7.11 Å². The lowest BCUT2D eigenvalue weighted by molar-refractivity contribution is -0.145. The van der Waals surface area contributed by atoms with Crippen LogP contribution in [0.1, 0.15) is 25.3 Å². The van der Waals surface area contributed by atoms with Gasteiger partial charge in [-0.05, 0) is 43.5 Å². The highest BCUT2D eigenvalue weighted by Crippen LogP contribution is 2.47. The van der Waals surface area contributed by atoms with Crippen molar-refractivity contribution in [3.05, 3.63) is 29.8 Å². The Morgan fingerprint density at radius 1 is 1.19 bits per heavy atom. The normalized spacial score (nSPS) is 19.1. The summed E-state index contributed by atoms with van der Waals surface area (Å²) in [7, 11) is 1.64. The minimum atomic E-state index is -0.803. The lowest BCUT2D eigenvalue weighted by Gasteiger charge is -2.35. The molecule has 2 aliphatic rings. The van der Waals surface area contributed by atoms with Crippen LogP contribution >= 0.6 is 0 Å². The fourth-order valence-electron chi connectivity index (χ4n) is 3.55. The molecule has 2 fully saturated rings. The van der Waals surface area contributed by atoms with E-state index in [2.05, 4.69) is 17.1 Å². The second-order valence-corrected chi connectivity index (χ2v) is 7.17. The van der Waals surface area contributed by atoms with E-state index < -0.39 is 5.41 Å². The molecule has 6 nitrogen and oxygen atoms in total. The Bertz CT molecular complexity index is 649. The molecule has 1 N–H and O–H groups in total. The summed E-state index contributed by atoms with van der Waals surface area (Å²) in [6.07, 6.45) is 2.07. The van der Waals surface area contributed by atoms with Crippen molar-refractivity contribution >= 4 is 11.8 Å². The van der Waals surface area contributed by atoms with E-state index in [0.717, 1.165) is 50.5 Å². The van der Waals surface area contributed by atoms with Crippen molar-refractivity contribution in [2.24, 2.45) is 5.41 Å². The molecule has 1 saturated carbocycles. The Morgan fingerprint density at radius 2 is 1.92 bits per heavy atom. The van der Waals surface area contributed by atoms with Crippen LogP contribution in [0.5, 0.6) is 5.75 Å². The van der Waals surface area contributed by atoms with Gasteiger partial charge in [0, 0.05) is 32.7 Å². The van der Waals surface area contributed by atoms with E-state index in [9.17, 15) is 9.59 Å². The molecule has 1 saturated heterocycles. The average molecular weight is 359 g/mol. The standard InChI is InChI=1S/C20H29N3O3/c1-3-22-11-13-23(14-12-22)19(25)20(8-9-20)18(24)21-10-7-16-5-4-6-17(15-16)26-2/h4-6,15H,3,7-14H2,1-2H3,(H,21,24). The molecule has 0 radical (unpaired) electrons. The van der Waals surface area contributed by atoms with Crippen LogP contribution in [-0.4, -0.2) is 68.0 Å². The fourth-order valence-corrected chi connectivity index (χ4v) is 3.55. The van der Waals surface area contributed by atoms with Crippen molar-refractivity contribution in [1.82, 2.24) is 15.1 Å². The summed E-state index contributed by atoms with van der Waals surface area (Å²) in [4.78, 5) is 29.7. The van der Waals surface area contributed by atoms with E-state index in [1.165, 1.54) is 0 Å². The first-order valence-electron chi connectivity index (χ1n) is 9.52. The van der Waals surface area contributed by atoms with E-state index in [1.807, 2.05) is 29.2 Å². The number of methoxy groups -OCH3 is 1. The van der Waals surface area contributed by atoms with Gasteiger partial charge in [0.25, 0.3) is 0 Å². The van der Waals surface area contributed by atoms with Gasteiger partial charge in [0.05, 0.1) is 7.11 Å². The Kier molecular flexibility index (Phi) is 5.81. The van der Waals surface area contributed by atoms with Crippen molar-refractivity contribution in [2.45, 2.75) is 26.2 Å². The second-order valence-electron chi connectivity index (χ2n) is 7.17. The van der Waals surface area contributed by atoms with Gasteiger partial charge in [-0.3, -0.25) is 9.59 Å². The molecule has 1 aliphatic carbocycles. The molecular formula is C20H29N3O3. The molecule has 142 valence electrons. The first-order chi connectivity index (χ1) is 12.6. The maximum atomic E-state index is 12.9. The molecule has 3 rings (SSSR count). The number of hydrogen-bond acceptors (Lipinski definition) is 4. The molecule has 1 aliphatic heterocycles. The topological polar surface area (TPSA) is 61.9 Å². The molecule has 0 bridgehead atoms.